The predicted octanol–water partition coefficient (Wildman–Crippen LogP) is -0.584. The molecule has 0 saturated carbocycles. The lowest BCUT2D eigenvalue weighted by molar-refractivity contribution is -0.141. The number of nitrogens with one attached hydrogen (secondary N) is 2. The summed E-state index contributed by atoms with van der Waals surface area (Å²) in [4.78, 5) is 47.2. The van der Waals surface area contributed by atoms with Crippen molar-refractivity contribution in [3.8, 4) is 0 Å². The molecule has 3 atom stereocenters. The Morgan fingerprint density at radius 3 is 2.19 bits per heavy atom. The first-order valence-corrected chi connectivity index (χ1v) is 8.18. The van der Waals surface area contributed by atoms with E-state index in [0.29, 0.717) is 18.4 Å². The first kappa shape index (κ1) is 21.1. The van der Waals surface area contributed by atoms with Crippen molar-refractivity contribution in [3.05, 3.63) is 35.9 Å². The number of hydrogen-bond donors (Lipinski definition) is 5. The van der Waals surface area contributed by atoms with E-state index in [1.807, 2.05) is 6.92 Å². The molecule has 1 aromatic carbocycles. The topological polar surface area (TPSA) is 165 Å². The number of carboxylic acids is 1. The van der Waals surface area contributed by atoms with E-state index in [-0.39, 0.29) is 0 Å². The fraction of sp³-hybridized carbons (Fsp3) is 0.412. The third-order valence-electron chi connectivity index (χ3n) is 3.65. The van der Waals surface area contributed by atoms with Gasteiger partial charge < -0.3 is 27.2 Å². The summed E-state index contributed by atoms with van der Waals surface area (Å²) in [6.45, 7) is 1.84. The molecule has 0 aliphatic heterocycles. The Kier molecular flexibility index (Phi) is 8.23. The lowest BCUT2D eigenvalue weighted by atomic mass is 10.0. The van der Waals surface area contributed by atoms with Gasteiger partial charge in [0.15, 0.2) is 0 Å². The van der Waals surface area contributed by atoms with Crippen molar-refractivity contribution in [2.45, 2.75) is 44.3 Å². The highest BCUT2D eigenvalue weighted by molar-refractivity contribution is 5.94. The monoisotopic (exact) mass is 364 g/mol. The number of amides is 3. The molecule has 0 aliphatic carbocycles. The molecule has 0 bridgehead atoms. The van der Waals surface area contributed by atoms with Crippen molar-refractivity contribution < 1.29 is 24.3 Å². The van der Waals surface area contributed by atoms with Crippen molar-refractivity contribution in [3.63, 3.8) is 0 Å². The summed E-state index contributed by atoms with van der Waals surface area (Å²) in [5, 5.41) is 13.7. The molecule has 0 aromatic heterocycles. The van der Waals surface area contributed by atoms with Crippen molar-refractivity contribution in [2.24, 2.45) is 11.5 Å². The first-order valence-electron chi connectivity index (χ1n) is 8.18. The van der Waals surface area contributed by atoms with Crippen molar-refractivity contribution in [1.82, 2.24) is 10.6 Å². The Bertz CT molecular complexity index is 650. The van der Waals surface area contributed by atoms with E-state index < -0.39 is 48.2 Å². The number of primary amides is 1. The Labute approximate surface area is 151 Å². The van der Waals surface area contributed by atoms with Crippen LogP contribution in [0.2, 0.25) is 0 Å². The summed E-state index contributed by atoms with van der Waals surface area (Å²) < 4.78 is 0. The van der Waals surface area contributed by atoms with Gasteiger partial charge in [-0.25, -0.2) is 0 Å². The summed E-state index contributed by atoms with van der Waals surface area (Å²) in [5.41, 5.74) is 11.5. The number of benzene rings is 1. The lowest BCUT2D eigenvalue weighted by Crippen LogP contribution is -2.53. The van der Waals surface area contributed by atoms with Crippen LogP contribution >= 0.6 is 0 Å². The van der Waals surface area contributed by atoms with Crippen molar-refractivity contribution in [1.29, 1.82) is 0 Å². The molecule has 0 unspecified atom stereocenters. The summed E-state index contributed by atoms with van der Waals surface area (Å²) in [6, 6.07) is 4.86. The van der Waals surface area contributed by atoms with Crippen LogP contribution in [0.1, 0.15) is 37.8 Å². The van der Waals surface area contributed by atoms with E-state index >= 15 is 0 Å². The summed E-state index contributed by atoms with van der Waals surface area (Å²) in [7, 11) is 0. The number of nitrogens with two attached hydrogens (primary N) is 2. The number of aliphatic carboxylic acids is 1. The number of hydrogen-bond acceptors (Lipinski definition) is 5. The van der Waals surface area contributed by atoms with Crippen LogP contribution in [0.5, 0.6) is 0 Å². The second kappa shape index (κ2) is 10.1. The van der Waals surface area contributed by atoms with Crippen LogP contribution < -0.4 is 22.1 Å². The molecule has 0 radical (unpaired) electrons. The fourth-order valence-corrected chi connectivity index (χ4v) is 2.31. The summed E-state index contributed by atoms with van der Waals surface area (Å²) in [6.07, 6.45) is 0.389. The maximum absolute atomic E-state index is 12.4. The van der Waals surface area contributed by atoms with E-state index in [2.05, 4.69) is 10.6 Å². The minimum Gasteiger partial charge on any atom is -0.481 e. The molecule has 0 fully saturated rings. The van der Waals surface area contributed by atoms with Gasteiger partial charge in [-0.2, -0.15) is 0 Å². The highest BCUT2D eigenvalue weighted by atomic mass is 16.4. The summed E-state index contributed by atoms with van der Waals surface area (Å²) >= 11 is 0. The van der Waals surface area contributed by atoms with E-state index in [4.69, 9.17) is 16.6 Å². The minimum absolute atomic E-state index is 0.390. The largest absolute Gasteiger partial charge is 0.481 e. The zero-order valence-electron chi connectivity index (χ0n) is 14.5. The van der Waals surface area contributed by atoms with Gasteiger partial charge in [0, 0.05) is 0 Å². The quantitative estimate of drug-likeness (QED) is 0.372. The minimum atomic E-state index is -1.38. The van der Waals surface area contributed by atoms with Gasteiger partial charge in [-0.3, -0.25) is 19.2 Å². The SMILES string of the molecule is CCC[C@H](N)C(=O)N[C@@H](CC(=O)O)C(=O)N[C@@H](C(N)=O)c1ccccc1. The van der Waals surface area contributed by atoms with Gasteiger partial charge in [0.2, 0.25) is 17.7 Å². The van der Waals surface area contributed by atoms with Gasteiger partial charge in [-0.1, -0.05) is 43.7 Å². The van der Waals surface area contributed by atoms with E-state index in [0.717, 1.165) is 0 Å². The molecule has 3 amide bonds. The maximum Gasteiger partial charge on any atom is 0.305 e. The van der Waals surface area contributed by atoms with Crippen LogP contribution in [0.15, 0.2) is 30.3 Å². The molecule has 26 heavy (non-hydrogen) atoms. The average Bonchev–Trinajstić information content (AvgIpc) is 2.59. The predicted molar refractivity (Wildman–Crippen MR) is 93.6 cm³/mol. The number of carbonyl (C=O) groups is 4. The van der Waals surface area contributed by atoms with Gasteiger partial charge in [0.25, 0.3) is 0 Å². The highest BCUT2D eigenvalue weighted by Gasteiger charge is 2.29. The van der Waals surface area contributed by atoms with Gasteiger partial charge in [-0.05, 0) is 12.0 Å². The van der Waals surface area contributed by atoms with E-state index in [1.165, 1.54) is 0 Å². The molecule has 0 heterocycles. The second-order valence-corrected chi connectivity index (χ2v) is 5.81. The Balaban J connectivity index is 2.91. The highest BCUT2D eigenvalue weighted by Crippen LogP contribution is 2.12. The van der Waals surface area contributed by atoms with Gasteiger partial charge in [-0.15, -0.1) is 0 Å². The zero-order chi connectivity index (χ0) is 19.7. The van der Waals surface area contributed by atoms with Gasteiger partial charge >= 0.3 is 5.97 Å². The fourth-order valence-electron chi connectivity index (χ4n) is 2.31. The molecule has 0 aliphatic rings. The molecule has 7 N–H and O–H groups in total. The third-order valence-corrected chi connectivity index (χ3v) is 3.65. The Hall–Kier alpha value is -2.94. The van der Waals surface area contributed by atoms with Crippen molar-refractivity contribution >= 4 is 23.7 Å². The van der Waals surface area contributed by atoms with Crippen LogP contribution in [0.25, 0.3) is 0 Å². The van der Waals surface area contributed by atoms with Gasteiger partial charge in [0.05, 0.1) is 12.5 Å². The molecular weight excluding hydrogens is 340 g/mol. The zero-order valence-corrected chi connectivity index (χ0v) is 14.5. The second-order valence-electron chi connectivity index (χ2n) is 5.81. The molecule has 1 aromatic rings. The van der Waals surface area contributed by atoms with Crippen molar-refractivity contribution in [2.75, 3.05) is 0 Å². The third kappa shape index (κ3) is 6.52. The van der Waals surface area contributed by atoms with Crippen LogP contribution in [0.4, 0.5) is 0 Å². The molecule has 9 heteroatoms. The average molecular weight is 364 g/mol. The molecular formula is C17H24N4O5. The smallest absolute Gasteiger partial charge is 0.305 e. The van der Waals surface area contributed by atoms with Crippen LogP contribution in [0, 0.1) is 0 Å². The number of rotatable bonds is 10. The first-order chi connectivity index (χ1) is 12.3. The van der Waals surface area contributed by atoms with E-state index in [9.17, 15) is 19.2 Å². The van der Waals surface area contributed by atoms with Gasteiger partial charge in [0.1, 0.15) is 12.1 Å². The van der Waals surface area contributed by atoms with Crippen LogP contribution in [0.3, 0.4) is 0 Å². The number of carboxylic acid groups (broad SMARTS) is 1. The molecule has 1 rings (SSSR count). The maximum atomic E-state index is 12.4. The number of carbonyl (C=O) groups excluding carboxylic acids is 3. The molecule has 0 spiro atoms. The molecule has 0 saturated heterocycles. The van der Waals surface area contributed by atoms with Crippen LogP contribution in [-0.2, 0) is 19.2 Å². The normalized spacial score (nSPS) is 13.9. The Morgan fingerprint density at radius 1 is 1.08 bits per heavy atom. The molecule has 142 valence electrons. The lowest BCUT2D eigenvalue weighted by Gasteiger charge is -2.22. The Morgan fingerprint density at radius 2 is 1.69 bits per heavy atom. The standard InChI is InChI=1S/C17H24N4O5/c1-2-6-11(18)16(25)20-12(9-13(22)23)17(26)21-14(15(19)24)10-7-4-3-5-8-10/h3-5,7-8,11-12,14H,2,6,9,18H2,1H3,(H2,19,24)(H,20,25)(H,21,26)(H,22,23)/t11-,12-,14+/m0/s1. The molecule has 9 nitrogen and oxygen atoms in total. The summed E-state index contributed by atoms with van der Waals surface area (Å²) in [5.74, 6) is -3.57. The van der Waals surface area contributed by atoms with Crippen LogP contribution in [-0.4, -0.2) is 40.9 Å². The van der Waals surface area contributed by atoms with E-state index in [1.54, 1.807) is 30.3 Å².